The molecule has 1 unspecified atom stereocenters. The molecule has 0 spiro atoms. The van der Waals surface area contributed by atoms with E-state index in [1.807, 2.05) is 6.20 Å². The van der Waals surface area contributed by atoms with Crippen molar-refractivity contribution in [3.8, 4) is 0 Å². The Morgan fingerprint density at radius 3 is 2.85 bits per heavy atom. The van der Waals surface area contributed by atoms with Crippen molar-refractivity contribution in [1.29, 1.82) is 0 Å². The highest BCUT2D eigenvalue weighted by molar-refractivity contribution is 7.09. The average molecular weight is 292 g/mol. The molecule has 0 aliphatic rings. The zero-order chi connectivity index (χ0) is 14.4. The van der Waals surface area contributed by atoms with Gasteiger partial charge in [0.1, 0.15) is 5.82 Å². The second-order valence-electron chi connectivity index (χ2n) is 5.06. The Morgan fingerprint density at radius 1 is 1.35 bits per heavy atom. The zero-order valence-corrected chi connectivity index (χ0v) is 13.4. The van der Waals surface area contributed by atoms with E-state index in [0.29, 0.717) is 6.04 Å². The lowest BCUT2D eigenvalue weighted by molar-refractivity contribution is 0.491. The highest BCUT2D eigenvalue weighted by Gasteiger charge is 2.14. The van der Waals surface area contributed by atoms with Gasteiger partial charge >= 0.3 is 0 Å². The Bertz CT molecular complexity index is 517. The van der Waals surface area contributed by atoms with Crippen LogP contribution in [0.1, 0.15) is 36.8 Å². The van der Waals surface area contributed by atoms with Crippen LogP contribution in [0.2, 0.25) is 0 Å². The molecule has 110 valence electrons. The Kier molecular flexibility index (Phi) is 5.73. The molecule has 0 bridgehead atoms. The number of aromatic nitrogens is 3. The summed E-state index contributed by atoms with van der Waals surface area (Å²) < 4.78 is 2.26. The zero-order valence-electron chi connectivity index (χ0n) is 12.6. The van der Waals surface area contributed by atoms with E-state index in [9.17, 15) is 0 Å². The Labute approximate surface area is 125 Å². The van der Waals surface area contributed by atoms with E-state index < -0.39 is 0 Å². The molecule has 1 N–H and O–H groups in total. The quantitative estimate of drug-likeness (QED) is 0.813. The van der Waals surface area contributed by atoms with Gasteiger partial charge in [-0.3, -0.25) is 0 Å². The SMILES string of the molecule is CCCn1ccnc1CC(Cc1csc(C)n1)NCC. The van der Waals surface area contributed by atoms with Crippen LogP contribution < -0.4 is 5.32 Å². The predicted octanol–water partition coefficient (Wildman–Crippen LogP) is 2.82. The highest BCUT2D eigenvalue weighted by atomic mass is 32.1. The molecule has 0 fully saturated rings. The summed E-state index contributed by atoms with van der Waals surface area (Å²) in [5, 5.41) is 6.87. The van der Waals surface area contributed by atoms with Crippen LogP contribution in [0.15, 0.2) is 17.8 Å². The van der Waals surface area contributed by atoms with E-state index in [0.717, 1.165) is 37.4 Å². The normalized spacial score (nSPS) is 12.8. The largest absolute Gasteiger partial charge is 0.335 e. The fraction of sp³-hybridized carbons (Fsp3) is 0.600. The van der Waals surface area contributed by atoms with Crippen LogP contribution in [0.4, 0.5) is 0 Å². The van der Waals surface area contributed by atoms with Gasteiger partial charge in [0.05, 0.1) is 10.7 Å². The lowest BCUT2D eigenvalue weighted by Crippen LogP contribution is -2.34. The summed E-state index contributed by atoms with van der Waals surface area (Å²) in [7, 11) is 0. The first-order chi connectivity index (χ1) is 9.72. The number of aryl methyl sites for hydroxylation is 2. The van der Waals surface area contributed by atoms with Crippen LogP contribution in [0.25, 0.3) is 0 Å². The third-order valence-corrected chi connectivity index (χ3v) is 4.13. The third-order valence-electron chi connectivity index (χ3n) is 3.31. The molecule has 20 heavy (non-hydrogen) atoms. The number of rotatable bonds is 8. The van der Waals surface area contributed by atoms with Gasteiger partial charge in [0.2, 0.25) is 0 Å². The second-order valence-corrected chi connectivity index (χ2v) is 6.12. The van der Waals surface area contributed by atoms with E-state index in [1.54, 1.807) is 11.3 Å². The fourth-order valence-corrected chi connectivity index (χ4v) is 3.08. The van der Waals surface area contributed by atoms with Crippen molar-refractivity contribution in [2.24, 2.45) is 0 Å². The van der Waals surface area contributed by atoms with Crippen LogP contribution in [0.3, 0.4) is 0 Å². The van der Waals surface area contributed by atoms with Crippen LogP contribution in [0, 0.1) is 6.92 Å². The van der Waals surface area contributed by atoms with Crippen molar-refractivity contribution in [2.45, 2.75) is 52.6 Å². The lowest BCUT2D eigenvalue weighted by atomic mass is 10.1. The molecule has 2 aromatic rings. The second kappa shape index (κ2) is 7.55. The van der Waals surface area contributed by atoms with Gasteiger partial charge in [-0.2, -0.15) is 0 Å². The minimum absolute atomic E-state index is 0.402. The Morgan fingerprint density at radius 2 is 2.20 bits per heavy atom. The number of hydrogen-bond donors (Lipinski definition) is 1. The van der Waals surface area contributed by atoms with Crippen LogP contribution >= 0.6 is 11.3 Å². The third kappa shape index (κ3) is 4.15. The summed E-state index contributed by atoms with van der Waals surface area (Å²) in [5.74, 6) is 1.17. The molecular weight excluding hydrogens is 268 g/mol. The van der Waals surface area contributed by atoms with Crippen LogP contribution in [-0.2, 0) is 19.4 Å². The van der Waals surface area contributed by atoms with E-state index in [-0.39, 0.29) is 0 Å². The smallest absolute Gasteiger partial charge is 0.110 e. The van der Waals surface area contributed by atoms with E-state index in [1.165, 1.54) is 11.5 Å². The first-order valence-electron chi connectivity index (χ1n) is 7.37. The molecule has 2 heterocycles. The molecule has 2 rings (SSSR count). The Hall–Kier alpha value is -1.20. The van der Waals surface area contributed by atoms with Gasteiger partial charge < -0.3 is 9.88 Å². The fourth-order valence-electron chi connectivity index (χ4n) is 2.45. The van der Waals surface area contributed by atoms with Crippen molar-refractivity contribution in [2.75, 3.05) is 6.54 Å². The van der Waals surface area contributed by atoms with E-state index in [2.05, 4.69) is 52.2 Å². The van der Waals surface area contributed by atoms with E-state index >= 15 is 0 Å². The summed E-state index contributed by atoms with van der Waals surface area (Å²) in [6, 6.07) is 0.402. The average Bonchev–Trinajstić information content (AvgIpc) is 3.00. The molecule has 0 radical (unpaired) electrons. The molecule has 0 aliphatic heterocycles. The van der Waals surface area contributed by atoms with Crippen molar-refractivity contribution in [3.63, 3.8) is 0 Å². The summed E-state index contributed by atoms with van der Waals surface area (Å²) in [6.07, 6.45) is 7.05. The minimum Gasteiger partial charge on any atom is -0.335 e. The number of likely N-dealkylation sites (N-methyl/N-ethyl adjacent to an activating group) is 1. The van der Waals surface area contributed by atoms with Gasteiger partial charge in [0.25, 0.3) is 0 Å². The Balaban J connectivity index is 2.02. The van der Waals surface area contributed by atoms with Crippen LogP contribution in [-0.4, -0.2) is 27.1 Å². The topological polar surface area (TPSA) is 42.7 Å². The van der Waals surface area contributed by atoms with Gasteiger partial charge in [0.15, 0.2) is 0 Å². The number of thiazole rings is 1. The van der Waals surface area contributed by atoms with Gasteiger partial charge in [-0.05, 0) is 19.9 Å². The molecule has 0 amide bonds. The molecule has 0 saturated carbocycles. The maximum Gasteiger partial charge on any atom is 0.110 e. The molecule has 0 aromatic carbocycles. The minimum atomic E-state index is 0.402. The van der Waals surface area contributed by atoms with Gasteiger partial charge in [-0.25, -0.2) is 9.97 Å². The molecule has 5 heteroatoms. The number of imidazole rings is 1. The lowest BCUT2D eigenvalue weighted by Gasteiger charge is -2.17. The predicted molar refractivity (Wildman–Crippen MR) is 84.2 cm³/mol. The molecular formula is C15H24N4S. The highest BCUT2D eigenvalue weighted by Crippen LogP contribution is 2.12. The first-order valence-corrected chi connectivity index (χ1v) is 8.25. The van der Waals surface area contributed by atoms with Crippen molar-refractivity contribution in [3.05, 3.63) is 34.3 Å². The number of nitrogens with zero attached hydrogens (tertiary/aromatic N) is 3. The summed E-state index contributed by atoms with van der Waals surface area (Å²) in [4.78, 5) is 9.08. The van der Waals surface area contributed by atoms with Gasteiger partial charge in [0, 0.05) is 43.2 Å². The molecule has 2 aromatic heterocycles. The maximum absolute atomic E-state index is 4.57. The van der Waals surface area contributed by atoms with Gasteiger partial charge in [-0.1, -0.05) is 13.8 Å². The number of hydrogen-bond acceptors (Lipinski definition) is 4. The molecule has 0 aliphatic carbocycles. The molecule has 0 saturated heterocycles. The summed E-state index contributed by atoms with van der Waals surface area (Å²) in [5.41, 5.74) is 1.19. The standard InChI is InChI=1S/C15H24N4S/c1-4-7-19-8-6-17-15(19)10-13(16-5-2)9-14-11-20-12(3)18-14/h6,8,11,13,16H,4-5,7,9-10H2,1-3H3. The number of nitrogens with one attached hydrogen (secondary N) is 1. The first kappa shape index (κ1) is 15.2. The van der Waals surface area contributed by atoms with Gasteiger partial charge in [-0.15, -0.1) is 11.3 Å². The monoisotopic (exact) mass is 292 g/mol. The maximum atomic E-state index is 4.57. The molecule has 1 atom stereocenters. The van der Waals surface area contributed by atoms with Crippen molar-refractivity contribution < 1.29 is 0 Å². The van der Waals surface area contributed by atoms with Crippen LogP contribution in [0.5, 0.6) is 0 Å². The molecule has 4 nitrogen and oxygen atoms in total. The van der Waals surface area contributed by atoms with Crippen molar-refractivity contribution >= 4 is 11.3 Å². The summed E-state index contributed by atoms with van der Waals surface area (Å²) >= 11 is 1.72. The van der Waals surface area contributed by atoms with E-state index in [4.69, 9.17) is 0 Å². The summed E-state index contributed by atoms with van der Waals surface area (Å²) in [6.45, 7) is 8.43. The van der Waals surface area contributed by atoms with Crippen molar-refractivity contribution in [1.82, 2.24) is 19.9 Å².